The van der Waals surface area contributed by atoms with E-state index in [4.69, 9.17) is 5.26 Å². The average Bonchev–Trinajstić information content (AvgIpc) is 2.15. The van der Waals surface area contributed by atoms with Gasteiger partial charge in [0, 0.05) is 20.8 Å². The largest absolute Gasteiger partial charge is 0.623 e. The molecule has 0 unspecified atom stereocenters. The normalized spacial score (nSPS) is 13.8. The van der Waals surface area contributed by atoms with Crippen molar-refractivity contribution in [3.63, 3.8) is 0 Å². The summed E-state index contributed by atoms with van der Waals surface area (Å²) in [4.78, 5) is 11.5. The smallest absolute Gasteiger partial charge is 0.322 e. The van der Waals surface area contributed by atoms with Crippen LogP contribution >= 0.6 is 0 Å². The van der Waals surface area contributed by atoms with Gasteiger partial charge in [-0.2, -0.15) is 10.0 Å². The minimum absolute atomic E-state index is 0.146. The van der Waals surface area contributed by atoms with Gasteiger partial charge < -0.3 is 9.94 Å². The molecule has 0 rings (SSSR count). The van der Waals surface area contributed by atoms with Gasteiger partial charge in [0.05, 0.1) is 7.11 Å². The van der Waals surface area contributed by atoms with Gasteiger partial charge in [-0.3, -0.25) is 4.79 Å². The third-order valence-corrected chi connectivity index (χ3v) is 2.21. The summed E-state index contributed by atoms with van der Waals surface area (Å²) in [5.74, 6) is -0.603. The second-order valence-electron chi connectivity index (χ2n) is 5.04. The van der Waals surface area contributed by atoms with E-state index in [0.29, 0.717) is 4.74 Å². The summed E-state index contributed by atoms with van der Waals surface area (Å²) < 4.78 is 5.14. The maximum atomic E-state index is 11.9. The summed E-state index contributed by atoms with van der Waals surface area (Å²) in [7, 11) is 1.23. The fourth-order valence-corrected chi connectivity index (χ4v) is 1.13. The lowest BCUT2D eigenvalue weighted by atomic mass is 9.87. The van der Waals surface area contributed by atoms with Crippen molar-refractivity contribution in [1.82, 2.24) is 0 Å². The van der Waals surface area contributed by atoms with Gasteiger partial charge in [0.15, 0.2) is 17.0 Å². The van der Waals surface area contributed by atoms with E-state index >= 15 is 0 Å². The van der Waals surface area contributed by atoms with Crippen molar-refractivity contribution in [1.29, 1.82) is 5.26 Å². The summed E-state index contributed by atoms with van der Waals surface area (Å²) in [6, 6.07) is 1.79. The van der Waals surface area contributed by atoms with Crippen LogP contribution in [0.3, 0.4) is 0 Å². The number of carbonyl (C=O) groups is 1. The molecule has 0 atom stereocenters. The van der Waals surface area contributed by atoms with E-state index in [1.54, 1.807) is 26.8 Å². The number of nitriles is 1. The van der Waals surface area contributed by atoms with Crippen LogP contribution in [0.2, 0.25) is 0 Å². The van der Waals surface area contributed by atoms with Crippen molar-refractivity contribution in [2.45, 2.75) is 40.2 Å². The second kappa shape index (κ2) is 4.52. The number of carbonyl (C=O) groups excluding carboxylic acids is 1. The molecule has 90 valence electrons. The highest BCUT2D eigenvalue weighted by Crippen LogP contribution is 2.21. The highest BCUT2D eigenvalue weighted by molar-refractivity contribution is 6.11. The molecule has 0 saturated carbocycles. The van der Waals surface area contributed by atoms with Crippen LogP contribution in [0.5, 0.6) is 0 Å². The zero-order valence-corrected chi connectivity index (χ0v) is 10.6. The van der Waals surface area contributed by atoms with Gasteiger partial charge in [0.25, 0.3) is 5.71 Å². The molecule has 0 N–H and O–H groups in total. The molecular weight excluding hydrogens is 208 g/mol. The third-order valence-electron chi connectivity index (χ3n) is 2.21. The predicted molar refractivity (Wildman–Crippen MR) is 59.8 cm³/mol. The van der Waals surface area contributed by atoms with Crippen molar-refractivity contribution in [3.8, 4) is 6.07 Å². The van der Waals surface area contributed by atoms with Gasteiger partial charge in [-0.05, 0) is 13.8 Å². The molecule has 5 heteroatoms. The van der Waals surface area contributed by atoms with Crippen LogP contribution in [-0.2, 0) is 9.53 Å². The van der Waals surface area contributed by atoms with Crippen molar-refractivity contribution in [3.05, 3.63) is 5.21 Å². The van der Waals surface area contributed by atoms with Gasteiger partial charge in [-0.15, -0.1) is 0 Å². The topological polar surface area (TPSA) is 76.2 Å². The molecule has 0 radical (unpaired) electrons. The van der Waals surface area contributed by atoms with Crippen molar-refractivity contribution >= 4 is 11.7 Å². The quantitative estimate of drug-likeness (QED) is 0.235. The number of hydrogen-bond donors (Lipinski definition) is 0. The van der Waals surface area contributed by atoms with Crippen LogP contribution in [0.4, 0.5) is 0 Å². The highest BCUT2D eigenvalue weighted by Gasteiger charge is 2.43. The van der Waals surface area contributed by atoms with Crippen LogP contribution in [0.15, 0.2) is 0 Å². The van der Waals surface area contributed by atoms with E-state index < -0.39 is 16.9 Å². The van der Waals surface area contributed by atoms with E-state index in [0.717, 1.165) is 0 Å². The minimum atomic E-state index is -1.24. The highest BCUT2D eigenvalue weighted by atomic mass is 16.5. The number of ether oxygens (including phenoxy) is 1. The van der Waals surface area contributed by atoms with Gasteiger partial charge in [-0.1, -0.05) is 0 Å². The Morgan fingerprint density at radius 2 is 1.75 bits per heavy atom. The molecule has 0 saturated heterocycles. The van der Waals surface area contributed by atoms with Gasteiger partial charge in [-0.25, -0.2) is 0 Å². The lowest BCUT2D eigenvalue weighted by Gasteiger charge is -2.25. The minimum Gasteiger partial charge on any atom is -0.623 e. The SMILES string of the molecule is COC(=O)C(C)(C)/C(C#N)=[N+](/[O-])C(C)(C)C. The molecule has 0 aliphatic heterocycles. The zero-order chi connectivity index (χ0) is 13.1. The van der Waals surface area contributed by atoms with Crippen LogP contribution in [0, 0.1) is 22.0 Å². The van der Waals surface area contributed by atoms with E-state index in [1.807, 2.05) is 0 Å². The van der Waals surface area contributed by atoms with Crippen LogP contribution in [0.25, 0.3) is 0 Å². The third kappa shape index (κ3) is 2.72. The Morgan fingerprint density at radius 1 is 1.31 bits per heavy atom. The first-order valence-electron chi connectivity index (χ1n) is 4.92. The van der Waals surface area contributed by atoms with E-state index in [1.165, 1.54) is 21.0 Å². The summed E-state index contributed by atoms with van der Waals surface area (Å²) in [5.41, 5.74) is -2.15. The standard InChI is InChI=1S/C11H18N2O3/c1-10(2,3)13(15)8(7-12)11(4,5)9(14)16-6/h1-6H3/b13-8+. The molecule has 5 nitrogen and oxygen atoms in total. The fourth-order valence-electron chi connectivity index (χ4n) is 1.13. The molecule has 0 heterocycles. The van der Waals surface area contributed by atoms with Crippen LogP contribution < -0.4 is 0 Å². The average molecular weight is 226 g/mol. The van der Waals surface area contributed by atoms with E-state index in [2.05, 4.69) is 4.74 Å². The molecule has 0 aromatic carbocycles. The molecule has 0 aliphatic carbocycles. The molecule has 0 aromatic heterocycles. The lowest BCUT2D eigenvalue weighted by Crippen LogP contribution is -2.43. The van der Waals surface area contributed by atoms with Gasteiger partial charge in [0.2, 0.25) is 0 Å². The number of rotatable bonds is 2. The Hall–Kier alpha value is -1.57. The number of hydroxylamine groups is 1. The Morgan fingerprint density at radius 3 is 2.00 bits per heavy atom. The molecule has 0 aromatic rings. The number of hydrogen-bond acceptors (Lipinski definition) is 4. The number of esters is 1. The summed E-state index contributed by atoms with van der Waals surface area (Å²) in [5, 5.41) is 20.9. The lowest BCUT2D eigenvalue weighted by molar-refractivity contribution is -0.537. The van der Waals surface area contributed by atoms with Crippen LogP contribution in [0.1, 0.15) is 34.6 Å². The zero-order valence-electron chi connectivity index (χ0n) is 10.6. The van der Waals surface area contributed by atoms with Crippen molar-refractivity contribution in [2.75, 3.05) is 7.11 Å². The summed E-state index contributed by atoms with van der Waals surface area (Å²) >= 11 is 0. The molecule has 16 heavy (non-hydrogen) atoms. The van der Waals surface area contributed by atoms with Gasteiger partial charge >= 0.3 is 5.97 Å². The molecular formula is C11H18N2O3. The maximum Gasteiger partial charge on any atom is 0.322 e. The van der Waals surface area contributed by atoms with Crippen molar-refractivity contribution < 1.29 is 14.3 Å². The molecule has 0 amide bonds. The Bertz CT molecular complexity index is 356. The maximum absolute atomic E-state index is 11.9. The Labute approximate surface area is 95.9 Å². The van der Waals surface area contributed by atoms with Crippen molar-refractivity contribution in [2.24, 2.45) is 5.41 Å². The molecule has 0 bridgehead atoms. The molecule has 0 spiro atoms. The summed E-state index contributed by atoms with van der Waals surface area (Å²) in [6.45, 7) is 8.00. The molecule has 0 aliphatic rings. The monoisotopic (exact) mass is 226 g/mol. The first-order valence-corrected chi connectivity index (χ1v) is 4.92. The van der Waals surface area contributed by atoms with Gasteiger partial charge in [0.1, 0.15) is 0 Å². The number of methoxy groups -OCH3 is 1. The first-order chi connectivity index (χ1) is 7.08. The fraction of sp³-hybridized carbons (Fsp3) is 0.727. The van der Waals surface area contributed by atoms with E-state index in [9.17, 15) is 10.0 Å². The van der Waals surface area contributed by atoms with Crippen LogP contribution in [-0.4, -0.2) is 29.1 Å². The summed E-state index contributed by atoms with van der Waals surface area (Å²) in [6.07, 6.45) is 0. The first kappa shape index (κ1) is 14.4. The Kier molecular flexibility index (Phi) is 4.07. The van der Waals surface area contributed by atoms with E-state index in [-0.39, 0.29) is 5.71 Å². The predicted octanol–water partition coefficient (Wildman–Crippen LogP) is 1.46. The second-order valence-corrected chi connectivity index (χ2v) is 5.04. The molecule has 0 fully saturated rings. The number of nitrogens with zero attached hydrogens (tertiary/aromatic N) is 2. The Balaban J connectivity index is 5.66.